The van der Waals surface area contributed by atoms with Crippen molar-refractivity contribution >= 4 is 34.5 Å². The maximum absolute atomic E-state index is 6.10. The molecule has 1 aromatic heterocycles. The van der Waals surface area contributed by atoms with Crippen LogP contribution in [0.5, 0.6) is 5.75 Å². The van der Waals surface area contributed by atoms with Gasteiger partial charge in [0.2, 0.25) is 0 Å². The summed E-state index contributed by atoms with van der Waals surface area (Å²) in [4.78, 5) is 4.32. The van der Waals surface area contributed by atoms with E-state index in [9.17, 15) is 0 Å². The number of hydrogen-bond acceptors (Lipinski definition) is 4. The lowest BCUT2D eigenvalue weighted by Crippen LogP contribution is -2.03. The highest BCUT2D eigenvalue weighted by molar-refractivity contribution is 7.09. The summed E-state index contributed by atoms with van der Waals surface area (Å²) in [5.41, 5.74) is 7.32. The summed E-state index contributed by atoms with van der Waals surface area (Å²) in [6.07, 6.45) is 0. The predicted molar refractivity (Wildman–Crippen MR) is 75.5 cm³/mol. The second-order valence-electron chi connectivity index (χ2n) is 3.73. The minimum atomic E-state index is 0.325. The van der Waals surface area contributed by atoms with Gasteiger partial charge in [-0.2, -0.15) is 0 Å². The van der Waals surface area contributed by atoms with Crippen LogP contribution >= 0.6 is 34.5 Å². The second kappa shape index (κ2) is 5.89. The van der Waals surface area contributed by atoms with Crippen LogP contribution in [0.1, 0.15) is 16.3 Å². The van der Waals surface area contributed by atoms with Crippen LogP contribution in [-0.4, -0.2) is 4.98 Å². The van der Waals surface area contributed by atoms with Crippen molar-refractivity contribution in [2.24, 2.45) is 5.73 Å². The molecule has 0 saturated heterocycles. The Balaban J connectivity index is 2.18. The fourth-order valence-electron chi connectivity index (χ4n) is 1.55. The van der Waals surface area contributed by atoms with Crippen LogP contribution in [0, 0.1) is 6.92 Å². The van der Waals surface area contributed by atoms with Crippen molar-refractivity contribution in [3.8, 4) is 5.75 Å². The smallest absolute Gasteiger partial charge is 0.143 e. The molecule has 1 aromatic carbocycles. The molecule has 0 spiro atoms. The van der Waals surface area contributed by atoms with Crippen LogP contribution in [0.4, 0.5) is 0 Å². The Bertz CT molecular complexity index is 557. The topological polar surface area (TPSA) is 48.1 Å². The lowest BCUT2D eigenvalue weighted by molar-refractivity contribution is 0.299. The van der Waals surface area contributed by atoms with Gasteiger partial charge in [0.15, 0.2) is 0 Å². The summed E-state index contributed by atoms with van der Waals surface area (Å²) in [5.74, 6) is 0.578. The van der Waals surface area contributed by atoms with E-state index in [4.69, 9.17) is 33.7 Å². The van der Waals surface area contributed by atoms with E-state index in [0.717, 1.165) is 16.3 Å². The van der Waals surface area contributed by atoms with Gasteiger partial charge >= 0.3 is 0 Å². The largest absolute Gasteiger partial charge is 0.485 e. The van der Waals surface area contributed by atoms with Crippen LogP contribution < -0.4 is 10.5 Å². The summed E-state index contributed by atoms with van der Waals surface area (Å²) in [6, 6.07) is 3.40. The number of benzene rings is 1. The van der Waals surface area contributed by atoms with Gasteiger partial charge in [0.1, 0.15) is 12.4 Å². The Morgan fingerprint density at radius 3 is 2.78 bits per heavy atom. The summed E-state index contributed by atoms with van der Waals surface area (Å²) < 4.78 is 5.69. The van der Waals surface area contributed by atoms with Crippen molar-refractivity contribution in [2.45, 2.75) is 20.1 Å². The Labute approximate surface area is 120 Å². The van der Waals surface area contributed by atoms with E-state index >= 15 is 0 Å². The normalized spacial score (nSPS) is 10.7. The van der Waals surface area contributed by atoms with Crippen molar-refractivity contribution < 1.29 is 4.74 Å². The van der Waals surface area contributed by atoms with Gasteiger partial charge in [-0.15, -0.1) is 11.3 Å². The molecule has 96 valence electrons. The SMILES string of the molecule is Cc1nc(COc2c(Cl)cc(Cl)cc2CN)cs1. The average molecular weight is 303 g/mol. The minimum Gasteiger partial charge on any atom is -0.485 e. The molecule has 0 saturated carbocycles. The van der Waals surface area contributed by atoms with Crippen LogP contribution in [0.2, 0.25) is 10.0 Å². The molecule has 0 aliphatic heterocycles. The zero-order chi connectivity index (χ0) is 13.1. The molecule has 0 bridgehead atoms. The lowest BCUT2D eigenvalue weighted by atomic mass is 10.2. The van der Waals surface area contributed by atoms with E-state index in [0.29, 0.717) is 28.9 Å². The van der Waals surface area contributed by atoms with E-state index in [2.05, 4.69) is 4.98 Å². The maximum atomic E-state index is 6.10. The molecule has 0 unspecified atom stereocenters. The van der Waals surface area contributed by atoms with Gasteiger partial charge in [-0.05, 0) is 19.1 Å². The minimum absolute atomic E-state index is 0.325. The number of nitrogens with two attached hydrogens (primary N) is 1. The lowest BCUT2D eigenvalue weighted by Gasteiger charge is -2.11. The highest BCUT2D eigenvalue weighted by Gasteiger charge is 2.10. The molecule has 1 heterocycles. The molecule has 0 atom stereocenters. The van der Waals surface area contributed by atoms with Crippen LogP contribution in [0.3, 0.4) is 0 Å². The number of aryl methyl sites for hydroxylation is 1. The molecule has 2 N–H and O–H groups in total. The van der Waals surface area contributed by atoms with Crippen molar-refractivity contribution in [3.05, 3.63) is 43.8 Å². The highest BCUT2D eigenvalue weighted by atomic mass is 35.5. The molecular weight excluding hydrogens is 291 g/mol. The number of nitrogens with zero attached hydrogens (tertiary/aromatic N) is 1. The van der Waals surface area contributed by atoms with Gasteiger partial charge in [-0.3, -0.25) is 0 Å². The van der Waals surface area contributed by atoms with Gasteiger partial charge in [0.05, 0.1) is 15.7 Å². The van der Waals surface area contributed by atoms with Gasteiger partial charge in [-0.25, -0.2) is 4.98 Å². The Kier molecular flexibility index (Phi) is 4.45. The zero-order valence-electron chi connectivity index (χ0n) is 9.74. The first-order valence-electron chi connectivity index (χ1n) is 5.32. The second-order valence-corrected chi connectivity index (χ2v) is 5.63. The number of aromatic nitrogens is 1. The monoisotopic (exact) mass is 302 g/mol. The number of rotatable bonds is 4. The maximum Gasteiger partial charge on any atom is 0.143 e. The molecule has 2 aromatic rings. The third kappa shape index (κ3) is 3.14. The number of thiazole rings is 1. The highest BCUT2D eigenvalue weighted by Crippen LogP contribution is 2.32. The first-order valence-corrected chi connectivity index (χ1v) is 6.95. The van der Waals surface area contributed by atoms with Gasteiger partial charge in [0, 0.05) is 22.5 Å². The van der Waals surface area contributed by atoms with Crippen molar-refractivity contribution in [2.75, 3.05) is 0 Å². The first kappa shape index (κ1) is 13.6. The van der Waals surface area contributed by atoms with Crippen molar-refractivity contribution in [3.63, 3.8) is 0 Å². The van der Waals surface area contributed by atoms with Gasteiger partial charge < -0.3 is 10.5 Å². The van der Waals surface area contributed by atoms with E-state index in [1.54, 1.807) is 23.5 Å². The molecule has 0 aliphatic carbocycles. The summed E-state index contributed by atoms with van der Waals surface area (Å²) in [5, 5.41) is 3.99. The average Bonchev–Trinajstić information content (AvgIpc) is 2.73. The Morgan fingerprint density at radius 2 is 2.17 bits per heavy atom. The predicted octanol–water partition coefficient (Wildman–Crippen LogP) is 3.80. The fraction of sp³-hybridized carbons (Fsp3) is 0.250. The Morgan fingerprint density at radius 1 is 1.39 bits per heavy atom. The van der Waals surface area contributed by atoms with Crippen molar-refractivity contribution in [1.29, 1.82) is 0 Å². The molecule has 0 radical (unpaired) electrons. The number of hydrogen-bond donors (Lipinski definition) is 1. The van der Waals surface area contributed by atoms with Gasteiger partial charge in [0.25, 0.3) is 0 Å². The molecule has 6 heteroatoms. The Hall–Kier alpha value is -0.810. The molecular formula is C12H12Cl2N2OS. The van der Waals surface area contributed by atoms with Crippen LogP contribution in [0.15, 0.2) is 17.5 Å². The first-order chi connectivity index (χ1) is 8.60. The van der Waals surface area contributed by atoms with Crippen LogP contribution in [0.25, 0.3) is 0 Å². The third-order valence-electron chi connectivity index (χ3n) is 2.34. The summed E-state index contributed by atoms with van der Waals surface area (Å²) in [7, 11) is 0. The molecule has 18 heavy (non-hydrogen) atoms. The molecule has 0 aliphatic rings. The fourth-order valence-corrected chi connectivity index (χ4v) is 2.73. The van der Waals surface area contributed by atoms with Gasteiger partial charge in [-0.1, -0.05) is 23.2 Å². The number of halogens is 2. The molecule has 0 fully saturated rings. The summed E-state index contributed by atoms with van der Waals surface area (Å²) in [6.45, 7) is 2.65. The van der Waals surface area contributed by atoms with Crippen LogP contribution in [-0.2, 0) is 13.2 Å². The number of ether oxygens (including phenoxy) is 1. The van der Waals surface area contributed by atoms with E-state index < -0.39 is 0 Å². The van der Waals surface area contributed by atoms with Crippen molar-refractivity contribution in [1.82, 2.24) is 4.98 Å². The molecule has 2 rings (SSSR count). The zero-order valence-corrected chi connectivity index (χ0v) is 12.1. The summed E-state index contributed by atoms with van der Waals surface area (Å²) >= 11 is 13.6. The van der Waals surface area contributed by atoms with E-state index in [-0.39, 0.29) is 0 Å². The standard InChI is InChI=1S/C12H12Cl2N2OS/c1-7-16-10(6-18-7)5-17-12-8(4-15)2-9(13)3-11(12)14/h2-3,6H,4-5,15H2,1H3. The quantitative estimate of drug-likeness (QED) is 0.934. The third-order valence-corrected chi connectivity index (χ3v) is 3.66. The molecule has 3 nitrogen and oxygen atoms in total. The van der Waals surface area contributed by atoms with E-state index in [1.165, 1.54) is 0 Å². The van der Waals surface area contributed by atoms with E-state index in [1.807, 2.05) is 12.3 Å². The molecule has 0 amide bonds.